The van der Waals surface area contributed by atoms with Gasteiger partial charge in [-0.1, -0.05) is 12.1 Å². The molecule has 0 aliphatic carbocycles. The number of benzene rings is 1. The molecule has 0 radical (unpaired) electrons. The lowest BCUT2D eigenvalue weighted by Gasteiger charge is -2.10. The summed E-state index contributed by atoms with van der Waals surface area (Å²) in [6, 6.07) is 10.1. The molecular weight excluding hydrogens is 342 g/mol. The van der Waals surface area contributed by atoms with E-state index in [-0.39, 0.29) is 16.8 Å². The van der Waals surface area contributed by atoms with Crippen LogP contribution in [-0.4, -0.2) is 26.7 Å². The second-order valence-corrected chi connectivity index (χ2v) is 7.39. The summed E-state index contributed by atoms with van der Waals surface area (Å²) in [6.45, 7) is 2.20. The highest BCUT2D eigenvalue weighted by Gasteiger charge is 2.29. The number of sulfonamides is 1. The molecule has 132 valence electrons. The van der Waals surface area contributed by atoms with Crippen LogP contribution in [0.2, 0.25) is 0 Å². The van der Waals surface area contributed by atoms with Crippen molar-refractivity contribution in [3.8, 4) is 0 Å². The normalized spacial score (nSPS) is 17.7. The Morgan fingerprint density at radius 3 is 2.84 bits per heavy atom. The molecule has 0 saturated carbocycles. The van der Waals surface area contributed by atoms with E-state index >= 15 is 0 Å². The highest BCUT2D eigenvalue weighted by molar-refractivity contribution is 7.90. The Morgan fingerprint density at radius 1 is 1.28 bits per heavy atom. The molecule has 0 bridgehead atoms. The predicted molar refractivity (Wildman–Crippen MR) is 92.7 cm³/mol. The zero-order valence-corrected chi connectivity index (χ0v) is 14.5. The Morgan fingerprint density at radius 2 is 2.08 bits per heavy atom. The van der Waals surface area contributed by atoms with E-state index in [0.717, 1.165) is 0 Å². The molecule has 0 fully saturated rings. The number of aliphatic imine (C=N–C) groups is 1. The molecule has 1 unspecified atom stereocenters. The monoisotopic (exact) mass is 361 g/mol. The summed E-state index contributed by atoms with van der Waals surface area (Å²) in [6.07, 6.45) is 2.38. The smallest absolute Gasteiger partial charge is 0.263 e. The van der Waals surface area contributed by atoms with Gasteiger partial charge in [-0.2, -0.15) is 0 Å². The van der Waals surface area contributed by atoms with Crippen LogP contribution in [0, 0.1) is 0 Å². The number of hydrogen-bond donors (Lipinski definition) is 2. The van der Waals surface area contributed by atoms with E-state index in [0.29, 0.717) is 36.5 Å². The van der Waals surface area contributed by atoms with Crippen LogP contribution in [-0.2, 0) is 14.8 Å². The van der Waals surface area contributed by atoms with Gasteiger partial charge in [-0.05, 0) is 37.6 Å². The molecule has 3 rings (SSSR count). The zero-order chi connectivity index (χ0) is 17.9. The summed E-state index contributed by atoms with van der Waals surface area (Å²) in [7, 11) is -3.52. The summed E-state index contributed by atoms with van der Waals surface area (Å²) in [4.78, 5) is 16.5. The third-order valence-electron chi connectivity index (χ3n) is 3.84. The van der Waals surface area contributed by atoms with Crippen LogP contribution in [0.1, 0.15) is 37.1 Å². The van der Waals surface area contributed by atoms with E-state index in [4.69, 9.17) is 4.42 Å². The van der Waals surface area contributed by atoms with Crippen molar-refractivity contribution in [1.29, 1.82) is 0 Å². The summed E-state index contributed by atoms with van der Waals surface area (Å²) >= 11 is 0. The first-order chi connectivity index (χ1) is 12.0. The molecule has 1 aliphatic rings. The Bertz CT molecular complexity index is 888. The number of carbonyl (C=O) groups excluding carboxylic acids is 1. The summed E-state index contributed by atoms with van der Waals surface area (Å²) in [5.74, 6) is 0.932. The van der Waals surface area contributed by atoms with Crippen molar-refractivity contribution in [3.63, 3.8) is 0 Å². The van der Waals surface area contributed by atoms with E-state index in [2.05, 4.69) is 15.0 Å². The minimum absolute atomic E-state index is 0.100. The van der Waals surface area contributed by atoms with E-state index in [1.807, 2.05) is 6.92 Å². The van der Waals surface area contributed by atoms with Gasteiger partial charge >= 0.3 is 0 Å². The molecule has 25 heavy (non-hydrogen) atoms. The van der Waals surface area contributed by atoms with E-state index < -0.39 is 10.0 Å². The molecule has 1 amide bonds. The standard InChI is InChI=1S/C17H19N3O4S/c1-12(14-7-5-11-24-14)19-16(21)9-4-10-18-17-13-6-2-3-8-15(13)25(22,23)20-17/h2-3,5-8,11-12H,4,9-10H2,1H3,(H,18,20)(H,19,21). The Hall–Kier alpha value is -2.61. The number of amides is 1. The molecule has 1 aromatic carbocycles. The van der Waals surface area contributed by atoms with E-state index in [9.17, 15) is 13.2 Å². The fraction of sp³-hybridized carbons (Fsp3) is 0.294. The molecule has 0 saturated heterocycles. The second-order valence-electron chi connectivity index (χ2n) is 5.74. The SMILES string of the molecule is CC(NC(=O)CCCN=C1NS(=O)(=O)c2ccccc21)c1ccco1. The predicted octanol–water partition coefficient (Wildman–Crippen LogP) is 1.98. The lowest BCUT2D eigenvalue weighted by atomic mass is 10.2. The first-order valence-electron chi connectivity index (χ1n) is 7.97. The van der Waals surface area contributed by atoms with Crippen molar-refractivity contribution >= 4 is 21.8 Å². The van der Waals surface area contributed by atoms with Crippen LogP contribution in [0.15, 0.2) is 57.0 Å². The summed E-state index contributed by atoms with van der Waals surface area (Å²) in [5.41, 5.74) is 0.568. The Kier molecular flexibility index (Phi) is 4.89. The molecule has 8 heteroatoms. The molecule has 1 atom stereocenters. The average Bonchev–Trinajstić information content (AvgIpc) is 3.19. The fourth-order valence-electron chi connectivity index (χ4n) is 2.60. The Balaban J connectivity index is 1.52. The lowest BCUT2D eigenvalue weighted by molar-refractivity contribution is -0.121. The molecule has 7 nitrogen and oxygen atoms in total. The maximum Gasteiger partial charge on any atom is 0.263 e. The third-order valence-corrected chi connectivity index (χ3v) is 5.24. The minimum Gasteiger partial charge on any atom is -0.467 e. The number of nitrogens with one attached hydrogen (secondary N) is 2. The van der Waals surface area contributed by atoms with E-state index in [1.165, 1.54) is 0 Å². The number of fused-ring (bicyclic) bond motifs is 1. The first kappa shape index (κ1) is 17.2. The van der Waals surface area contributed by atoms with Crippen LogP contribution in [0.5, 0.6) is 0 Å². The summed E-state index contributed by atoms with van der Waals surface area (Å²) in [5, 5.41) is 2.85. The zero-order valence-electron chi connectivity index (χ0n) is 13.7. The number of rotatable bonds is 6. The van der Waals surface area contributed by atoms with Crippen LogP contribution in [0.4, 0.5) is 0 Å². The van der Waals surface area contributed by atoms with Crippen LogP contribution in [0.25, 0.3) is 0 Å². The quantitative estimate of drug-likeness (QED) is 0.768. The lowest BCUT2D eigenvalue weighted by Crippen LogP contribution is -2.26. The van der Waals surface area contributed by atoms with Crippen molar-refractivity contribution in [3.05, 3.63) is 54.0 Å². The molecule has 2 aromatic rings. The van der Waals surface area contributed by atoms with Gasteiger partial charge in [0.1, 0.15) is 11.6 Å². The largest absolute Gasteiger partial charge is 0.467 e. The van der Waals surface area contributed by atoms with Gasteiger partial charge in [0.15, 0.2) is 0 Å². The van der Waals surface area contributed by atoms with Gasteiger partial charge in [0.2, 0.25) is 5.91 Å². The fourth-order valence-corrected chi connectivity index (χ4v) is 3.86. The van der Waals surface area contributed by atoms with Crippen molar-refractivity contribution in [2.24, 2.45) is 4.99 Å². The number of amidine groups is 1. The molecular formula is C17H19N3O4S. The van der Waals surface area contributed by atoms with Crippen molar-refractivity contribution in [2.75, 3.05) is 6.54 Å². The molecule has 0 spiro atoms. The molecule has 1 aliphatic heterocycles. The van der Waals surface area contributed by atoms with Crippen LogP contribution < -0.4 is 10.0 Å². The van der Waals surface area contributed by atoms with Gasteiger partial charge in [0.05, 0.1) is 17.2 Å². The van der Waals surface area contributed by atoms with Gasteiger partial charge in [-0.15, -0.1) is 0 Å². The van der Waals surface area contributed by atoms with Crippen LogP contribution >= 0.6 is 0 Å². The molecule has 1 aromatic heterocycles. The molecule has 2 N–H and O–H groups in total. The number of hydrogen-bond acceptors (Lipinski definition) is 5. The first-order valence-corrected chi connectivity index (χ1v) is 9.45. The minimum atomic E-state index is -3.52. The second kappa shape index (κ2) is 7.10. The maximum atomic E-state index is 12.0. The highest BCUT2D eigenvalue weighted by Crippen LogP contribution is 2.22. The van der Waals surface area contributed by atoms with Crippen molar-refractivity contribution < 1.29 is 17.6 Å². The third kappa shape index (κ3) is 3.90. The van der Waals surface area contributed by atoms with Crippen LogP contribution in [0.3, 0.4) is 0 Å². The van der Waals surface area contributed by atoms with Crippen molar-refractivity contribution in [1.82, 2.24) is 10.0 Å². The number of nitrogens with zero attached hydrogens (tertiary/aromatic N) is 1. The van der Waals surface area contributed by atoms with E-state index in [1.54, 1.807) is 42.7 Å². The van der Waals surface area contributed by atoms with Gasteiger partial charge in [0, 0.05) is 18.5 Å². The topological polar surface area (TPSA) is 101 Å². The Labute approximate surface area is 146 Å². The summed E-state index contributed by atoms with van der Waals surface area (Å²) < 4.78 is 31.6. The number of furan rings is 1. The van der Waals surface area contributed by atoms with Gasteiger partial charge < -0.3 is 9.73 Å². The van der Waals surface area contributed by atoms with Gasteiger partial charge in [-0.3, -0.25) is 14.5 Å². The van der Waals surface area contributed by atoms with Crippen molar-refractivity contribution in [2.45, 2.75) is 30.7 Å². The number of carbonyl (C=O) groups is 1. The maximum absolute atomic E-state index is 12.0. The highest BCUT2D eigenvalue weighted by atomic mass is 32.2. The van der Waals surface area contributed by atoms with Gasteiger partial charge in [0.25, 0.3) is 10.0 Å². The molecule has 2 heterocycles. The average molecular weight is 361 g/mol. The van der Waals surface area contributed by atoms with Gasteiger partial charge in [-0.25, -0.2) is 8.42 Å².